The largest absolute Gasteiger partial charge is 0.491 e. The number of aliphatic hydroxyl groups excluding tert-OH is 1. The monoisotopic (exact) mass is 388 g/mol. The normalized spacial score (nSPS) is 12.3. The van der Waals surface area contributed by atoms with Crippen LogP contribution in [0.25, 0.3) is 10.8 Å². The lowest BCUT2D eigenvalue weighted by atomic mass is 10.1. The molecule has 0 bridgehead atoms. The Bertz CT molecular complexity index is 906. The molecule has 24 heavy (non-hydrogen) atoms. The number of benzene rings is 2. The number of aryl methyl sites for hydroxylation is 1. The zero-order chi connectivity index (χ0) is 17.1. The van der Waals surface area contributed by atoms with Gasteiger partial charge in [-0.05, 0) is 37.3 Å². The van der Waals surface area contributed by atoms with Gasteiger partial charge in [-0.2, -0.15) is 5.10 Å². The molecule has 5 nitrogen and oxygen atoms in total. The molecular weight excluding hydrogens is 372 g/mol. The van der Waals surface area contributed by atoms with Crippen LogP contribution in [0.5, 0.6) is 5.75 Å². The molecule has 0 aliphatic rings. The van der Waals surface area contributed by atoms with Crippen LogP contribution in [-0.2, 0) is 6.54 Å². The van der Waals surface area contributed by atoms with E-state index in [2.05, 4.69) is 21.0 Å². The van der Waals surface area contributed by atoms with Gasteiger partial charge in [0.1, 0.15) is 18.5 Å². The van der Waals surface area contributed by atoms with Crippen molar-refractivity contribution in [2.45, 2.75) is 19.6 Å². The van der Waals surface area contributed by atoms with Crippen molar-refractivity contribution < 1.29 is 9.84 Å². The Morgan fingerprint density at radius 2 is 1.83 bits per heavy atom. The number of halogens is 1. The van der Waals surface area contributed by atoms with E-state index in [1.54, 1.807) is 18.2 Å². The summed E-state index contributed by atoms with van der Waals surface area (Å²) in [6, 6.07) is 14.7. The molecule has 0 fully saturated rings. The van der Waals surface area contributed by atoms with E-state index in [9.17, 15) is 9.90 Å². The zero-order valence-corrected chi connectivity index (χ0v) is 14.7. The number of ether oxygens (including phenoxy) is 1. The second kappa shape index (κ2) is 7.15. The molecule has 1 aromatic heterocycles. The molecule has 1 unspecified atom stereocenters. The van der Waals surface area contributed by atoms with Gasteiger partial charge in [0.05, 0.1) is 17.6 Å². The summed E-state index contributed by atoms with van der Waals surface area (Å²) in [5.41, 5.74) is 0.546. The van der Waals surface area contributed by atoms with E-state index in [1.807, 2.05) is 37.3 Å². The van der Waals surface area contributed by atoms with Crippen molar-refractivity contribution in [2.24, 2.45) is 0 Å². The van der Waals surface area contributed by atoms with Gasteiger partial charge >= 0.3 is 0 Å². The van der Waals surface area contributed by atoms with Crippen molar-refractivity contribution in [2.75, 3.05) is 6.61 Å². The van der Waals surface area contributed by atoms with Crippen molar-refractivity contribution in [3.63, 3.8) is 0 Å². The minimum atomic E-state index is -0.834. The fraction of sp³-hybridized carbons (Fsp3) is 0.222. The highest BCUT2D eigenvalue weighted by atomic mass is 79.9. The van der Waals surface area contributed by atoms with Gasteiger partial charge in [0.25, 0.3) is 5.56 Å². The number of hydrogen-bond donors (Lipinski definition) is 1. The van der Waals surface area contributed by atoms with Crippen LogP contribution in [0.1, 0.15) is 5.69 Å². The van der Waals surface area contributed by atoms with Crippen molar-refractivity contribution >= 4 is 26.7 Å². The maximum Gasteiger partial charge on any atom is 0.274 e. The Hall–Kier alpha value is -2.18. The van der Waals surface area contributed by atoms with Crippen molar-refractivity contribution in [1.82, 2.24) is 9.78 Å². The topological polar surface area (TPSA) is 64.3 Å². The third-order valence-electron chi connectivity index (χ3n) is 3.69. The Morgan fingerprint density at radius 1 is 1.17 bits per heavy atom. The van der Waals surface area contributed by atoms with E-state index in [1.165, 1.54) is 4.68 Å². The molecule has 2 aromatic carbocycles. The Labute approximate surface area is 147 Å². The molecule has 0 saturated heterocycles. The first-order chi connectivity index (χ1) is 11.5. The van der Waals surface area contributed by atoms with E-state index in [0.717, 1.165) is 15.6 Å². The maximum absolute atomic E-state index is 12.5. The van der Waals surface area contributed by atoms with Gasteiger partial charge in [-0.3, -0.25) is 4.79 Å². The van der Waals surface area contributed by atoms with Crippen LogP contribution < -0.4 is 10.3 Å². The lowest BCUT2D eigenvalue weighted by Crippen LogP contribution is -2.32. The molecule has 1 atom stereocenters. The first-order valence-electron chi connectivity index (χ1n) is 7.57. The summed E-state index contributed by atoms with van der Waals surface area (Å²) in [5.74, 6) is 0.659. The molecule has 1 N–H and O–H groups in total. The second-order valence-corrected chi connectivity index (χ2v) is 6.45. The second-order valence-electron chi connectivity index (χ2n) is 5.54. The number of rotatable bonds is 5. The molecule has 0 saturated carbocycles. The predicted molar refractivity (Wildman–Crippen MR) is 96.4 cm³/mol. The lowest BCUT2D eigenvalue weighted by Gasteiger charge is -2.14. The molecule has 0 radical (unpaired) electrons. The first-order valence-corrected chi connectivity index (χ1v) is 8.37. The smallest absolute Gasteiger partial charge is 0.274 e. The average molecular weight is 389 g/mol. The van der Waals surface area contributed by atoms with Gasteiger partial charge < -0.3 is 9.84 Å². The molecule has 0 spiro atoms. The summed E-state index contributed by atoms with van der Waals surface area (Å²) in [7, 11) is 0. The number of nitrogens with zero attached hydrogens (tertiary/aromatic N) is 2. The SMILES string of the molecule is Cc1nn(CC(O)COc2ccc(Br)cc2)c(=O)c2ccccc12. The third kappa shape index (κ3) is 3.66. The highest BCUT2D eigenvalue weighted by Crippen LogP contribution is 2.16. The van der Waals surface area contributed by atoms with Crippen molar-refractivity contribution in [3.8, 4) is 5.75 Å². The number of aliphatic hydroxyl groups is 1. The Kier molecular flexibility index (Phi) is 4.97. The average Bonchev–Trinajstić information content (AvgIpc) is 2.59. The number of fused-ring (bicyclic) bond motifs is 1. The van der Waals surface area contributed by atoms with E-state index < -0.39 is 6.10 Å². The number of hydrogen-bond acceptors (Lipinski definition) is 4. The van der Waals surface area contributed by atoms with Crippen LogP contribution >= 0.6 is 15.9 Å². The summed E-state index contributed by atoms with van der Waals surface area (Å²) in [5, 5.41) is 15.9. The van der Waals surface area contributed by atoms with Gasteiger partial charge in [-0.15, -0.1) is 0 Å². The molecular formula is C18H17BrN2O3. The summed E-state index contributed by atoms with van der Waals surface area (Å²) in [4.78, 5) is 12.5. The predicted octanol–water partition coefficient (Wildman–Crippen LogP) is 2.91. The van der Waals surface area contributed by atoms with Gasteiger partial charge in [0.15, 0.2) is 0 Å². The first kappa shape index (κ1) is 16.7. The van der Waals surface area contributed by atoms with E-state index >= 15 is 0 Å². The zero-order valence-electron chi connectivity index (χ0n) is 13.1. The maximum atomic E-state index is 12.5. The van der Waals surface area contributed by atoms with Crippen LogP contribution in [0.2, 0.25) is 0 Å². The van der Waals surface area contributed by atoms with Gasteiger partial charge in [0, 0.05) is 9.86 Å². The number of aromatic nitrogens is 2. The highest BCUT2D eigenvalue weighted by molar-refractivity contribution is 9.10. The highest BCUT2D eigenvalue weighted by Gasteiger charge is 2.12. The van der Waals surface area contributed by atoms with Crippen LogP contribution in [0.4, 0.5) is 0 Å². The molecule has 0 aliphatic carbocycles. The Balaban J connectivity index is 1.73. The quantitative estimate of drug-likeness (QED) is 0.729. The minimum absolute atomic E-state index is 0.0844. The molecule has 124 valence electrons. The molecule has 3 rings (SSSR count). The van der Waals surface area contributed by atoms with E-state index in [0.29, 0.717) is 11.1 Å². The third-order valence-corrected chi connectivity index (χ3v) is 4.22. The van der Waals surface area contributed by atoms with E-state index in [-0.39, 0.29) is 18.7 Å². The van der Waals surface area contributed by atoms with E-state index in [4.69, 9.17) is 4.74 Å². The summed E-state index contributed by atoms with van der Waals surface area (Å²) in [6.45, 7) is 2.02. The van der Waals surface area contributed by atoms with Crippen LogP contribution in [0.3, 0.4) is 0 Å². The van der Waals surface area contributed by atoms with Gasteiger partial charge in [-0.25, -0.2) is 4.68 Å². The molecule has 0 aliphatic heterocycles. The van der Waals surface area contributed by atoms with Crippen LogP contribution in [-0.4, -0.2) is 27.6 Å². The molecule has 6 heteroatoms. The minimum Gasteiger partial charge on any atom is -0.491 e. The summed E-state index contributed by atoms with van der Waals surface area (Å²) in [6.07, 6.45) is -0.834. The van der Waals surface area contributed by atoms with Crippen molar-refractivity contribution in [1.29, 1.82) is 0 Å². The fourth-order valence-electron chi connectivity index (χ4n) is 2.50. The fourth-order valence-corrected chi connectivity index (χ4v) is 2.77. The molecule has 0 amide bonds. The Morgan fingerprint density at radius 3 is 2.54 bits per heavy atom. The standard InChI is InChI=1S/C18H17BrN2O3/c1-12-16-4-2-3-5-17(16)18(23)21(20-12)10-14(22)11-24-15-8-6-13(19)7-9-15/h2-9,14,22H,10-11H2,1H3. The summed E-state index contributed by atoms with van der Waals surface area (Å²) >= 11 is 3.35. The van der Waals surface area contributed by atoms with Crippen LogP contribution in [0.15, 0.2) is 57.8 Å². The lowest BCUT2D eigenvalue weighted by molar-refractivity contribution is 0.0880. The molecule has 1 heterocycles. The van der Waals surface area contributed by atoms with Crippen LogP contribution in [0, 0.1) is 6.92 Å². The van der Waals surface area contributed by atoms with Gasteiger partial charge in [0.2, 0.25) is 0 Å². The molecule has 3 aromatic rings. The van der Waals surface area contributed by atoms with Crippen molar-refractivity contribution in [3.05, 3.63) is 69.1 Å². The van der Waals surface area contributed by atoms with Gasteiger partial charge in [-0.1, -0.05) is 34.1 Å². The summed E-state index contributed by atoms with van der Waals surface area (Å²) < 4.78 is 7.79.